The van der Waals surface area contributed by atoms with Gasteiger partial charge < -0.3 is 4.57 Å². The molecule has 4 rings (SSSR count). The Morgan fingerprint density at radius 2 is 1.53 bits per heavy atom. The average Bonchev–Trinajstić information content (AvgIpc) is 2.73. The van der Waals surface area contributed by atoms with Gasteiger partial charge in [0.25, 0.3) is 0 Å². The van der Waals surface area contributed by atoms with Gasteiger partial charge in [-0.2, -0.15) is 0 Å². The molecule has 0 fully saturated rings. The van der Waals surface area contributed by atoms with E-state index in [1.54, 1.807) is 0 Å². The fraction of sp³-hybridized carbons (Fsp3) is 0.0588. The third kappa shape index (κ3) is 1.76. The van der Waals surface area contributed by atoms with E-state index in [0.717, 1.165) is 0 Å². The van der Waals surface area contributed by atoms with Crippen molar-refractivity contribution in [1.29, 1.82) is 0 Å². The number of fused-ring (bicyclic) bond motifs is 5. The van der Waals surface area contributed by atoms with E-state index in [1.807, 2.05) is 0 Å². The van der Waals surface area contributed by atoms with Crippen LogP contribution < -0.4 is 0 Å². The number of hydrogen-bond donors (Lipinski definition) is 0. The molecule has 0 saturated heterocycles. The Morgan fingerprint density at radius 3 is 2.37 bits per heavy atom. The zero-order chi connectivity index (χ0) is 12.1. The van der Waals surface area contributed by atoms with Crippen molar-refractivity contribution in [2.24, 2.45) is 7.05 Å². The summed E-state index contributed by atoms with van der Waals surface area (Å²) >= 11 is 0. The van der Waals surface area contributed by atoms with Crippen molar-refractivity contribution in [3.8, 4) is 0 Å². The second kappa shape index (κ2) is 4.74. The molecule has 0 N–H and O–H groups in total. The summed E-state index contributed by atoms with van der Waals surface area (Å²) in [6.07, 6.45) is 0. The van der Waals surface area contributed by atoms with Gasteiger partial charge in [-0.15, -0.1) is 29.7 Å². The van der Waals surface area contributed by atoms with E-state index in [1.165, 1.54) is 32.6 Å². The molecular formula is C17H12NY-. The van der Waals surface area contributed by atoms with Crippen molar-refractivity contribution in [2.75, 3.05) is 0 Å². The van der Waals surface area contributed by atoms with Gasteiger partial charge in [0.1, 0.15) is 0 Å². The molecule has 1 radical (unpaired) electrons. The Bertz CT molecular complexity index is 890. The van der Waals surface area contributed by atoms with Crippen molar-refractivity contribution in [2.45, 2.75) is 0 Å². The molecule has 1 heterocycles. The fourth-order valence-corrected chi connectivity index (χ4v) is 2.86. The minimum atomic E-state index is 0. The van der Waals surface area contributed by atoms with E-state index in [0.29, 0.717) is 0 Å². The topological polar surface area (TPSA) is 4.93 Å². The minimum Gasteiger partial charge on any atom is -0.361 e. The van der Waals surface area contributed by atoms with Gasteiger partial charge in [0.15, 0.2) is 0 Å². The first-order valence-electron chi connectivity index (χ1n) is 6.13. The summed E-state index contributed by atoms with van der Waals surface area (Å²) in [5.74, 6) is 0. The van der Waals surface area contributed by atoms with Crippen LogP contribution in [0.3, 0.4) is 0 Å². The number of para-hydroxylation sites is 1. The monoisotopic (exact) mass is 319 g/mol. The molecule has 19 heavy (non-hydrogen) atoms. The summed E-state index contributed by atoms with van der Waals surface area (Å²) in [4.78, 5) is 0. The second-order valence-electron chi connectivity index (χ2n) is 4.67. The van der Waals surface area contributed by atoms with Gasteiger partial charge in [0, 0.05) is 45.3 Å². The standard InChI is InChI=1S/C17H12N.Y/c1-18-16-9-5-4-8-14(16)15-11-10-12-6-2-3-7-13(12)17(15)18;/h2-9,11H,1H3;/q-1;. The molecule has 4 aromatic rings. The first-order valence-corrected chi connectivity index (χ1v) is 6.13. The summed E-state index contributed by atoms with van der Waals surface area (Å²) < 4.78 is 2.28. The van der Waals surface area contributed by atoms with E-state index in [-0.39, 0.29) is 32.7 Å². The molecule has 0 bridgehead atoms. The Labute approximate surface area is 137 Å². The summed E-state index contributed by atoms with van der Waals surface area (Å²) in [5, 5.41) is 5.04. The number of hydrogen-bond acceptors (Lipinski definition) is 0. The fourth-order valence-electron chi connectivity index (χ4n) is 2.86. The van der Waals surface area contributed by atoms with Crippen LogP contribution >= 0.6 is 0 Å². The van der Waals surface area contributed by atoms with Crippen molar-refractivity contribution < 1.29 is 32.7 Å². The van der Waals surface area contributed by atoms with Crippen LogP contribution in [0.5, 0.6) is 0 Å². The molecule has 1 aromatic heterocycles. The van der Waals surface area contributed by atoms with Gasteiger partial charge in [-0.3, -0.25) is 0 Å². The van der Waals surface area contributed by atoms with E-state index < -0.39 is 0 Å². The van der Waals surface area contributed by atoms with E-state index in [4.69, 9.17) is 0 Å². The third-order valence-electron chi connectivity index (χ3n) is 3.70. The van der Waals surface area contributed by atoms with Gasteiger partial charge in [0.2, 0.25) is 0 Å². The van der Waals surface area contributed by atoms with E-state index in [2.05, 4.69) is 72.3 Å². The summed E-state index contributed by atoms with van der Waals surface area (Å²) in [5.41, 5.74) is 2.57. The molecule has 0 saturated carbocycles. The van der Waals surface area contributed by atoms with Crippen molar-refractivity contribution >= 4 is 32.6 Å². The molecule has 1 nitrogen and oxygen atoms in total. The summed E-state index contributed by atoms with van der Waals surface area (Å²) in [6.45, 7) is 0. The molecule has 0 spiro atoms. The molecule has 0 aliphatic rings. The quantitative estimate of drug-likeness (QED) is 0.426. The molecule has 2 heteroatoms. The van der Waals surface area contributed by atoms with Gasteiger partial charge in [-0.1, -0.05) is 41.1 Å². The predicted molar refractivity (Wildman–Crippen MR) is 76.8 cm³/mol. The van der Waals surface area contributed by atoms with Crippen LogP contribution in [0.15, 0.2) is 54.6 Å². The molecule has 0 unspecified atom stereocenters. The maximum absolute atomic E-state index is 3.39. The van der Waals surface area contributed by atoms with Gasteiger partial charge in [0.05, 0.1) is 0 Å². The summed E-state index contributed by atoms with van der Waals surface area (Å²) in [6, 6.07) is 22.5. The van der Waals surface area contributed by atoms with Crippen LogP contribution in [-0.4, -0.2) is 4.57 Å². The maximum Gasteiger partial charge on any atom is 0.0381 e. The van der Waals surface area contributed by atoms with Crippen molar-refractivity contribution in [3.63, 3.8) is 0 Å². The van der Waals surface area contributed by atoms with E-state index >= 15 is 0 Å². The third-order valence-corrected chi connectivity index (χ3v) is 3.70. The van der Waals surface area contributed by atoms with Crippen LogP contribution in [-0.2, 0) is 39.8 Å². The molecule has 0 aliphatic carbocycles. The van der Waals surface area contributed by atoms with Gasteiger partial charge >= 0.3 is 0 Å². The Morgan fingerprint density at radius 1 is 0.842 bits per heavy atom. The Balaban J connectivity index is 0.00000110. The predicted octanol–water partition coefficient (Wildman–Crippen LogP) is 4.28. The van der Waals surface area contributed by atoms with E-state index in [9.17, 15) is 0 Å². The number of nitrogens with zero attached hydrogens (tertiary/aromatic N) is 1. The minimum absolute atomic E-state index is 0. The molecule has 0 atom stereocenters. The normalized spacial score (nSPS) is 11.0. The molecule has 0 amide bonds. The summed E-state index contributed by atoms with van der Waals surface area (Å²) in [7, 11) is 2.14. The van der Waals surface area contributed by atoms with Crippen LogP contribution in [0.25, 0.3) is 32.6 Å². The van der Waals surface area contributed by atoms with Crippen LogP contribution in [0.4, 0.5) is 0 Å². The second-order valence-corrected chi connectivity index (χ2v) is 4.67. The largest absolute Gasteiger partial charge is 0.361 e. The SMILES string of the molecule is Cn1c2ccccc2c2c[c-]c3ccccc3c21.[Y]. The molecular weight excluding hydrogens is 307 g/mol. The van der Waals surface area contributed by atoms with Crippen LogP contribution in [0.1, 0.15) is 0 Å². The molecule has 3 aromatic carbocycles. The van der Waals surface area contributed by atoms with Crippen molar-refractivity contribution in [1.82, 2.24) is 4.57 Å². The Kier molecular flexibility index (Phi) is 3.20. The smallest absolute Gasteiger partial charge is 0.0381 e. The average molecular weight is 319 g/mol. The zero-order valence-electron chi connectivity index (χ0n) is 10.7. The first kappa shape index (κ1) is 12.8. The maximum atomic E-state index is 3.39. The number of aryl methyl sites for hydroxylation is 1. The zero-order valence-corrected chi connectivity index (χ0v) is 13.6. The van der Waals surface area contributed by atoms with Crippen LogP contribution in [0, 0.1) is 6.07 Å². The van der Waals surface area contributed by atoms with Crippen molar-refractivity contribution in [3.05, 3.63) is 60.7 Å². The Hall–Kier alpha value is -1.18. The number of aromatic nitrogens is 1. The number of benzene rings is 3. The van der Waals surface area contributed by atoms with Crippen LogP contribution in [0.2, 0.25) is 0 Å². The first-order chi connectivity index (χ1) is 8.86. The molecule has 89 valence electrons. The number of rotatable bonds is 0. The molecule has 0 aliphatic heterocycles. The van der Waals surface area contributed by atoms with Gasteiger partial charge in [-0.05, 0) is 17.0 Å². The van der Waals surface area contributed by atoms with Gasteiger partial charge in [-0.25, -0.2) is 0 Å².